The zero-order chi connectivity index (χ0) is 15.6. The number of fused-ring (bicyclic) bond motifs is 1. The molecule has 1 aliphatic heterocycles. The molecule has 0 radical (unpaired) electrons. The average molecular weight is 309 g/mol. The van der Waals surface area contributed by atoms with Crippen molar-refractivity contribution in [3.8, 4) is 5.88 Å². The first-order valence-electron chi connectivity index (χ1n) is 7.52. The SMILES string of the molecule is O=C(c1cc2ccccc2o1)N1CC[C@H](Oc2cccnn2)C1. The van der Waals surface area contributed by atoms with Crippen molar-refractivity contribution in [3.63, 3.8) is 0 Å². The van der Waals surface area contributed by atoms with Crippen molar-refractivity contribution in [3.05, 3.63) is 54.4 Å². The highest BCUT2D eigenvalue weighted by Gasteiger charge is 2.30. The molecule has 3 heterocycles. The van der Waals surface area contributed by atoms with Crippen molar-refractivity contribution in [2.45, 2.75) is 12.5 Å². The Kier molecular flexibility index (Phi) is 3.42. The van der Waals surface area contributed by atoms with Gasteiger partial charge in [0, 0.05) is 30.6 Å². The largest absolute Gasteiger partial charge is 0.471 e. The smallest absolute Gasteiger partial charge is 0.289 e. The minimum atomic E-state index is -0.105. The van der Waals surface area contributed by atoms with Gasteiger partial charge in [0.05, 0.1) is 6.54 Å². The first kappa shape index (κ1) is 13.8. The summed E-state index contributed by atoms with van der Waals surface area (Å²) in [5.74, 6) is 0.744. The second-order valence-corrected chi connectivity index (χ2v) is 5.49. The van der Waals surface area contributed by atoms with E-state index in [4.69, 9.17) is 9.15 Å². The number of aromatic nitrogens is 2. The number of carbonyl (C=O) groups excluding carboxylic acids is 1. The molecule has 2 aromatic heterocycles. The topological polar surface area (TPSA) is 68.5 Å². The molecular formula is C17H15N3O3. The molecule has 0 saturated carbocycles. The Morgan fingerprint density at radius 3 is 3.00 bits per heavy atom. The summed E-state index contributed by atoms with van der Waals surface area (Å²) in [6, 6.07) is 12.9. The van der Waals surface area contributed by atoms with E-state index in [1.165, 1.54) is 0 Å². The Morgan fingerprint density at radius 1 is 1.26 bits per heavy atom. The molecule has 0 spiro atoms. The zero-order valence-electron chi connectivity index (χ0n) is 12.4. The van der Waals surface area contributed by atoms with E-state index < -0.39 is 0 Å². The summed E-state index contributed by atoms with van der Waals surface area (Å²) < 4.78 is 11.4. The van der Waals surface area contributed by atoms with Gasteiger partial charge in [0.2, 0.25) is 5.88 Å². The molecule has 1 fully saturated rings. The van der Waals surface area contributed by atoms with Gasteiger partial charge in [-0.1, -0.05) is 18.2 Å². The quantitative estimate of drug-likeness (QED) is 0.743. The molecule has 0 aliphatic carbocycles. The van der Waals surface area contributed by atoms with Crippen LogP contribution in [0, 0.1) is 0 Å². The Morgan fingerprint density at radius 2 is 2.17 bits per heavy atom. The van der Waals surface area contributed by atoms with Gasteiger partial charge >= 0.3 is 0 Å². The second kappa shape index (κ2) is 5.72. The van der Waals surface area contributed by atoms with Gasteiger partial charge in [-0.25, -0.2) is 0 Å². The van der Waals surface area contributed by atoms with Gasteiger partial charge in [-0.05, 0) is 18.2 Å². The normalized spacial score (nSPS) is 17.6. The summed E-state index contributed by atoms with van der Waals surface area (Å²) in [6.07, 6.45) is 2.29. The van der Waals surface area contributed by atoms with Crippen LogP contribution in [0.15, 0.2) is 53.1 Å². The lowest BCUT2D eigenvalue weighted by atomic mass is 10.2. The Balaban J connectivity index is 1.45. The molecule has 6 heteroatoms. The van der Waals surface area contributed by atoms with E-state index in [1.54, 1.807) is 29.3 Å². The minimum Gasteiger partial charge on any atom is -0.471 e. The highest BCUT2D eigenvalue weighted by Crippen LogP contribution is 2.22. The molecule has 1 saturated heterocycles. The number of nitrogens with zero attached hydrogens (tertiary/aromatic N) is 3. The van der Waals surface area contributed by atoms with Crippen molar-refractivity contribution in [2.24, 2.45) is 0 Å². The summed E-state index contributed by atoms with van der Waals surface area (Å²) in [5.41, 5.74) is 0.724. The molecule has 0 N–H and O–H groups in total. The minimum absolute atomic E-state index is 0.0694. The molecule has 116 valence electrons. The number of carbonyl (C=O) groups is 1. The van der Waals surface area contributed by atoms with Crippen LogP contribution in [0.4, 0.5) is 0 Å². The number of furan rings is 1. The van der Waals surface area contributed by atoms with Crippen molar-refractivity contribution in [1.29, 1.82) is 0 Å². The summed E-state index contributed by atoms with van der Waals surface area (Å²) in [4.78, 5) is 14.3. The van der Waals surface area contributed by atoms with E-state index in [-0.39, 0.29) is 12.0 Å². The van der Waals surface area contributed by atoms with Gasteiger partial charge in [-0.2, -0.15) is 5.10 Å². The molecule has 0 unspecified atom stereocenters. The standard InChI is InChI=1S/C17H15N3O3/c21-17(15-10-12-4-1-2-5-14(12)23-15)20-9-7-13(11-20)22-16-6-3-8-18-19-16/h1-6,8,10,13H,7,9,11H2/t13-/m0/s1. The highest BCUT2D eigenvalue weighted by atomic mass is 16.5. The number of para-hydroxylation sites is 1. The third-order valence-corrected chi connectivity index (χ3v) is 3.90. The summed E-state index contributed by atoms with van der Waals surface area (Å²) in [6.45, 7) is 1.16. The molecule has 1 aliphatic rings. The summed E-state index contributed by atoms with van der Waals surface area (Å²) in [5, 5.41) is 8.62. The predicted octanol–water partition coefficient (Wildman–Crippen LogP) is 2.52. The van der Waals surface area contributed by atoms with Crippen LogP contribution in [0.2, 0.25) is 0 Å². The van der Waals surface area contributed by atoms with Gasteiger partial charge < -0.3 is 14.1 Å². The summed E-state index contributed by atoms with van der Waals surface area (Å²) in [7, 11) is 0. The van der Waals surface area contributed by atoms with Crippen LogP contribution in [-0.4, -0.2) is 40.2 Å². The van der Waals surface area contributed by atoms with E-state index in [9.17, 15) is 4.79 Å². The first-order chi connectivity index (χ1) is 11.3. The average Bonchev–Trinajstić information content (AvgIpc) is 3.21. The lowest BCUT2D eigenvalue weighted by Crippen LogP contribution is -2.30. The molecule has 3 aromatic rings. The number of amides is 1. The monoisotopic (exact) mass is 309 g/mol. The lowest BCUT2D eigenvalue weighted by Gasteiger charge is -2.15. The maximum absolute atomic E-state index is 12.6. The van der Waals surface area contributed by atoms with Crippen LogP contribution in [0.1, 0.15) is 17.0 Å². The van der Waals surface area contributed by atoms with Crippen LogP contribution < -0.4 is 4.74 Å². The fourth-order valence-electron chi connectivity index (χ4n) is 2.77. The Bertz CT molecular complexity index is 798. The van der Waals surface area contributed by atoms with Crippen LogP contribution >= 0.6 is 0 Å². The zero-order valence-corrected chi connectivity index (χ0v) is 12.4. The predicted molar refractivity (Wildman–Crippen MR) is 83.2 cm³/mol. The van der Waals surface area contributed by atoms with Gasteiger partial charge in [0.25, 0.3) is 5.91 Å². The van der Waals surface area contributed by atoms with Gasteiger partial charge in [-0.3, -0.25) is 4.79 Å². The number of likely N-dealkylation sites (tertiary alicyclic amines) is 1. The van der Waals surface area contributed by atoms with Crippen LogP contribution in [-0.2, 0) is 0 Å². The van der Waals surface area contributed by atoms with Crippen molar-refractivity contribution in [1.82, 2.24) is 15.1 Å². The number of hydrogen-bond acceptors (Lipinski definition) is 5. The van der Waals surface area contributed by atoms with Crippen LogP contribution in [0.25, 0.3) is 11.0 Å². The fraction of sp³-hybridized carbons (Fsp3) is 0.235. The van der Waals surface area contributed by atoms with Crippen molar-refractivity contribution < 1.29 is 13.9 Å². The third kappa shape index (κ3) is 2.75. The van der Waals surface area contributed by atoms with E-state index >= 15 is 0 Å². The molecule has 4 rings (SSSR count). The van der Waals surface area contributed by atoms with E-state index in [0.717, 1.165) is 17.4 Å². The third-order valence-electron chi connectivity index (χ3n) is 3.90. The first-order valence-corrected chi connectivity index (χ1v) is 7.52. The maximum Gasteiger partial charge on any atom is 0.289 e. The summed E-state index contributed by atoms with van der Waals surface area (Å²) >= 11 is 0. The second-order valence-electron chi connectivity index (χ2n) is 5.49. The molecular weight excluding hydrogens is 294 g/mol. The van der Waals surface area contributed by atoms with Gasteiger partial charge in [-0.15, -0.1) is 5.10 Å². The Labute approximate surface area is 132 Å². The number of benzene rings is 1. The van der Waals surface area contributed by atoms with Crippen molar-refractivity contribution >= 4 is 16.9 Å². The molecule has 6 nitrogen and oxygen atoms in total. The molecule has 1 atom stereocenters. The molecule has 23 heavy (non-hydrogen) atoms. The number of ether oxygens (including phenoxy) is 1. The number of rotatable bonds is 3. The van der Waals surface area contributed by atoms with E-state index in [2.05, 4.69) is 10.2 Å². The lowest BCUT2D eigenvalue weighted by molar-refractivity contribution is 0.0742. The number of hydrogen-bond donors (Lipinski definition) is 0. The molecule has 0 bridgehead atoms. The fourth-order valence-corrected chi connectivity index (χ4v) is 2.77. The highest BCUT2D eigenvalue weighted by molar-refractivity contribution is 5.96. The van der Waals surface area contributed by atoms with Gasteiger partial charge in [0.1, 0.15) is 11.7 Å². The van der Waals surface area contributed by atoms with E-state index in [0.29, 0.717) is 24.7 Å². The van der Waals surface area contributed by atoms with Crippen LogP contribution in [0.3, 0.4) is 0 Å². The van der Waals surface area contributed by atoms with Gasteiger partial charge in [0.15, 0.2) is 5.76 Å². The maximum atomic E-state index is 12.6. The Hall–Kier alpha value is -2.89. The molecule has 1 aromatic carbocycles. The molecule has 1 amide bonds. The van der Waals surface area contributed by atoms with Crippen molar-refractivity contribution in [2.75, 3.05) is 13.1 Å². The van der Waals surface area contributed by atoms with Crippen LogP contribution in [0.5, 0.6) is 5.88 Å². The van der Waals surface area contributed by atoms with E-state index in [1.807, 2.05) is 24.3 Å².